The summed E-state index contributed by atoms with van der Waals surface area (Å²) in [5, 5.41) is 4.86. The Balaban J connectivity index is 1.70. The van der Waals surface area contributed by atoms with Crippen LogP contribution in [0.15, 0.2) is 59.7 Å². The minimum absolute atomic E-state index is 0.168. The molecule has 0 saturated heterocycles. The van der Waals surface area contributed by atoms with E-state index in [1.807, 2.05) is 6.92 Å². The molecule has 0 aromatic heterocycles. The molecule has 0 saturated carbocycles. The van der Waals surface area contributed by atoms with Crippen molar-refractivity contribution in [3.63, 3.8) is 0 Å². The van der Waals surface area contributed by atoms with E-state index in [1.54, 1.807) is 42.5 Å². The van der Waals surface area contributed by atoms with Crippen molar-refractivity contribution in [1.82, 2.24) is 5.43 Å². The normalized spacial score (nSPS) is 10.8. The van der Waals surface area contributed by atoms with Gasteiger partial charge in [-0.1, -0.05) is 40.9 Å². The maximum absolute atomic E-state index is 12.4. The first-order valence-electron chi connectivity index (χ1n) is 9.23. The zero-order valence-corrected chi connectivity index (χ0v) is 19.3. The first-order valence-corrected chi connectivity index (χ1v) is 10.4. The van der Waals surface area contributed by atoms with Gasteiger partial charge in [-0.25, -0.2) is 10.2 Å². The topological polar surface area (TPSA) is 77.0 Å². The van der Waals surface area contributed by atoms with E-state index in [-0.39, 0.29) is 16.3 Å². The molecule has 0 aliphatic carbocycles. The van der Waals surface area contributed by atoms with Gasteiger partial charge < -0.3 is 9.47 Å². The van der Waals surface area contributed by atoms with E-state index in [9.17, 15) is 9.59 Å². The van der Waals surface area contributed by atoms with Gasteiger partial charge in [0.25, 0.3) is 5.91 Å². The summed E-state index contributed by atoms with van der Waals surface area (Å²) in [4.78, 5) is 24.7. The minimum Gasteiger partial charge on any atom is -0.493 e. The first kappa shape index (κ1) is 23.6. The molecule has 0 aliphatic heterocycles. The molecule has 0 unspecified atom stereocenters. The summed E-state index contributed by atoms with van der Waals surface area (Å²) in [5.41, 5.74) is 4.45. The predicted molar refractivity (Wildman–Crippen MR) is 126 cm³/mol. The highest BCUT2D eigenvalue weighted by molar-refractivity contribution is 6.36. The van der Waals surface area contributed by atoms with Crippen LogP contribution >= 0.6 is 34.8 Å². The summed E-state index contributed by atoms with van der Waals surface area (Å²) >= 11 is 18.0. The number of hydrazone groups is 1. The number of rotatable bonds is 6. The van der Waals surface area contributed by atoms with Crippen molar-refractivity contribution in [1.29, 1.82) is 0 Å². The number of esters is 1. The van der Waals surface area contributed by atoms with Crippen LogP contribution in [-0.4, -0.2) is 25.2 Å². The number of benzene rings is 3. The summed E-state index contributed by atoms with van der Waals surface area (Å²) in [7, 11) is 1.43. The minimum atomic E-state index is -0.659. The Bertz CT molecular complexity index is 1210. The predicted octanol–water partition coefficient (Wildman–Crippen LogP) is 5.95. The highest BCUT2D eigenvalue weighted by Crippen LogP contribution is 2.30. The molecule has 0 fully saturated rings. The number of ether oxygens (including phenoxy) is 2. The molecule has 164 valence electrons. The van der Waals surface area contributed by atoms with E-state index in [2.05, 4.69) is 10.5 Å². The lowest BCUT2D eigenvalue weighted by Gasteiger charge is -2.10. The number of carbonyl (C=O) groups is 2. The lowest BCUT2D eigenvalue weighted by Crippen LogP contribution is -2.18. The van der Waals surface area contributed by atoms with Crippen LogP contribution in [0, 0.1) is 6.92 Å². The van der Waals surface area contributed by atoms with Crippen molar-refractivity contribution in [3.05, 3.63) is 91.9 Å². The third-order valence-corrected chi connectivity index (χ3v) is 5.15. The number of hydrogen-bond acceptors (Lipinski definition) is 5. The number of aryl methyl sites for hydroxylation is 1. The van der Waals surface area contributed by atoms with Crippen LogP contribution in [0.1, 0.15) is 31.8 Å². The third-order valence-electron chi connectivity index (χ3n) is 4.29. The standard InChI is InChI=1S/C23H17Cl3N2O4/c1-13-3-6-16(18(25)9-13)22(29)28-27-12-14-4-8-20(21(10-14)31-2)32-23(30)17-7-5-15(24)11-19(17)26/h3-12H,1-2H3,(H,28,29)/b27-12-. The molecule has 0 heterocycles. The van der Waals surface area contributed by atoms with Gasteiger partial charge in [0.2, 0.25) is 0 Å². The van der Waals surface area contributed by atoms with Crippen molar-refractivity contribution >= 4 is 52.9 Å². The van der Waals surface area contributed by atoms with Gasteiger partial charge in [0.1, 0.15) is 0 Å². The number of carbonyl (C=O) groups excluding carboxylic acids is 2. The Kier molecular flexibility index (Phi) is 7.75. The fourth-order valence-electron chi connectivity index (χ4n) is 2.69. The maximum atomic E-state index is 12.4. The molecule has 9 heteroatoms. The molecule has 0 aliphatic rings. The molecule has 0 atom stereocenters. The number of nitrogens with one attached hydrogen (secondary N) is 1. The highest BCUT2D eigenvalue weighted by Gasteiger charge is 2.16. The van der Waals surface area contributed by atoms with Crippen molar-refractivity contribution in [2.24, 2.45) is 5.10 Å². The molecule has 1 amide bonds. The zero-order valence-electron chi connectivity index (χ0n) is 17.0. The van der Waals surface area contributed by atoms with Crippen LogP contribution in [0.3, 0.4) is 0 Å². The summed E-state index contributed by atoms with van der Waals surface area (Å²) in [6.45, 7) is 1.88. The Morgan fingerprint density at radius 1 is 0.906 bits per heavy atom. The van der Waals surface area contributed by atoms with Crippen molar-refractivity contribution in [2.75, 3.05) is 7.11 Å². The molecule has 3 aromatic rings. The quantitative estimate of drug-likeness (QED) is 0.200. The van der Waals surface area contributed by atoms with Gasteiger partial charge in [-0.15, -0.1) is 0 Å². The zero-order chi connectivity index (χ0) is 23.3. The SMILES string of the molecule is COc1cc(/C=N\NC(=O)c2ccc(C)cc2Cl)ccc1OC(=O)c1ccc(Cl)cc1Cl. The van der Waals surface area contributed by atoms with Crippen LogP contribution in [0.5, 0.6) is 11.5 Å². The largest absolute Gasteiger partial charge is 0.493 e. The van der Waals surface area contributed by atoms with Crippen molar-refractivity contribution in [2.45, 2.75) is 6.92 Å². The molecule has 6 nitrogen and oxygen atoms in total. The van der Waals surface area contributed by atoms with Gasteiger partial charge >= 0.3 is 5.97 Å². The summed E-state index contributed by atoms with van der Waals surface area (Å²) < 4.78 is 10.7. The fourth-order valence-corrected chi connectivity index (χ4v) is 3.50. The number of nitrogens with zero attached hydrogens (tertiary/aromatic N) is 1. The van der Waals surface area contributed by atoms with Crippen LogP contribution < -0.4 is 14.9 Å². The molecule has 3 rings (SSSR count). The molecule has 0 spiro atoms. The van der Waals surface area contributed by atoms with Crippen LogP contribution in [0.25, 0.3) is 0 Å². The smallest absolute Gasteiger partial charge is 0.345 e. The fraction of sp³-hybridized carbons (Fsp3) is 0.0870. The van der Waals surface area contributed by atoms with Crippen molar-refractivity contribution in [3.8, 4) is 11.5 Å². The van der Waals surface area contributed by atoms with Gasteiger partial charge in [-0.2, -0.15) is 5.10 Å². The number of amides is 1. The molecular formula is C23H17Cl3N2O4. The average molecular weight is 492 g/mol. The molecule has 0 bridgehead atoms. The third kappa shape index (κ3) is 5.79. The number of halogens is 3. The summed E-state index contributed by atoms with van der Waals surface area (Å²) in [6.07, 6.45) is 1.42. The van der Waals surface area contributed by atoms with E-state index in [1.165, 1.54) is 25.5 Å². The van der Waals surface area contributed by atoms with Gasteiger partial charge in [0.15, 0.2) is 11.5 Å². The first-order chi connectivity index (χ1) is 15.3. The van der Waals surface area contributed by atoms with E-state index in [4.69, 9.17) is 44.3 Å². The van der Waals surface area contributed by atoms with Crippen molar-refractivity contribution < 1.29 is 19.1 Å². The van der Waals surface area contributed by atoms with E-state index in [0.29, 0.717) is 26.9 Å². The van der Waals surface area contributed by atoms with E-state index in [0.717, 1.165) is 5.56 Å². The number of hydrogen-bond donors (Lipinski definition) is 1. The van der Waals surface area contributed by atoms with Crippen LogP contribution in [0.2, 0.25) is 15.1 Å². The Labute approximate surface area is 199 Å². The second-order valence-corrected chi connectivity index (χ2v) is 7.86. The number of methoxy groups -OCH3 is 1. The second kappa shape index (κ2) is 10.5. The lowest BCUT2D eigenvalue weighted by molar-refractivity contribution is 0.0729. The van der Waals surface area contributed by atoms with Gasteiger partial charge in [0.05, 0.1) is 34.5 Å². The summed E-state index contributed by atoms with van der Waals surface area (Å²) in [6, 6.07) is 14.4. The van der Waals surface area contributed by atoms with Gasteiger partial charge in [-0.05, 0) is 66.6 Å². The van der Waals surface area contributed by atoms with Gasteiger partial charge in [0, 0.05) is 5.02 Å². The lowest BCUT2D eigenvalue weighted by atomic mass is 10.1. The highest BCUT2D eigenvalue weighted by atomic mass is 35.5. The Morgan fingerprint density at radius 3 is 2.31 bits per heavy atom. The molecule has 0 radical (unpaired) electrons. The molecule has 3 aromatic carbocycles. The monoisotopic (exact) mass is 490 g/mol. The van der Waals surface area contributed by atoms with Crippen LogP contribution in [-0.2, 0) is 0 Å². The summed E-state index contributed by atoms with van der Waals surface area (Å²) in [5.74, 6) is -0.617. The van der Waals surface area contributed by atoms with Gasteiger partial charge in [-0.3, -0.25) is 4.79 Å². The Morgan fingerprint density at radius 2 is 1.62 bits per heavy atom. The molecular weight excluding hydrogens is 475 g/mol. The average Bonchev–Trinajstić information content (AvgIpc) is 2.74. The molecule has 32 heavy (non-hydrogen) atoms. The van der Waals surface area contributed by atoms with E-state index < -0.39 is 11.9 Å². The maximum Gasteiger partial charge on any atom is 0.345 e. The Hall–Kier alpha value is -3.06. The molecule has 1 N–H and O–H groups in total. The van der Waals surface area contributed by atoms with E-state index >= 15 is 0 Å². The second-order valence-electron chi connectivity index (χ2n) is 6.61. The van der Waals surface area contributed by atoms with Crippen LogP contribution in [0.4, 0.5) is 0 Å².